The summed E-state index contributed by atoms with van der Waals surface area (Å²) in [4.78, 5) is 0. The minimum Gasteiger partial charge on any atom is -0.352 e. The molecular weight excluding hydrogens is 172 g/mol. The fourth-order valence-electron chi connectivity index (χ4n) is 1.87. The molecule has 0 amide bonds. The lowest BCUT2D eigenvalue weighted by Crippen LogP contribution is -2.31. The van der Waals surface area contributed by atoms with Crippen molar-refractivity contribution in [2.75, 3.05) is 19.3 Å². The molecule has 2 N–H and O–H groups in total. The van der Waals surface area contributed by atoms with Gasteiger partial charge in [0.15, 0.2) is 0 Å². The van der Waals surface area contributed by atoms with Crippen LogP contribution in [-0.2, 0) is 4.74 Å². The first-order valence-electron chi connectivity index (χ1n) is 4.56. The molecule has 2 saturated heterocycles. The molecule has 70 valence electrons. The molecule has 0 spiro atoms. The third-order valence-corrected chi connectivity index (χ3v) is 3.08. The third kappa shape index (κ3) is 1.93. The molecule has 0 radical (unpaired) electrons. The van der Waals surface area contributed by atoms with E-state index in [-0.39, 0.29) is 0 Å². The number of ether oxygens (including phenoxy) is 1. The maximum absolute atomic E-state index is 5.54. The van der Waals surface area contributed by atoms with Crippen LogP contribution in [0.5, 0.6) is 0 Å². The van der Waals surface area contributed by atoms with E-state index in [0.717, 1.165) is 19.0 Å². The number of hydrogen-bond donors (Lipinski definition) is 2. The molecule has 3 nitrogen and oxygen atoms in total. The van der Waals surface area contributed by atoms with E-state index in [0.29, 0.717) is 12.3 Å². The second-order valence-electron chi connectivity index (χ2n) is 3.43. The predicted molar refractivity (Wildman–Crippen MR) is 50.9 cm³/mol. The zero-order valence-electron chi connectivity index (χ0n) is 7.38. The molecule has 2 unspecified atom stereocenters. The van der Waals surface area contributed by atoms with Gasteiger partial charge in [-0.3, -0.25) is 0 Å². The molecule has 2 rings (SSSR count). The van der Waals surface area contributed by atoms with Gasteiger partial charge in [0.25, 0.3) is 0 Å². The van der Waals surface area contributed by atoms with Crippen molar-refractivity contribution in [3.8, 4) is 0 Å². The lowest BCUT2D eigenvalue weighted by atomic mass is 9.94. The molecule has 0 aliphatic carbocycles. The molecule has 0 aromatic heterocycles. The highest BCUT2D eigenvalue weighted by atomic mass is 32.2. The highest BCUT2D eigenvalue weighted by Gasteiger charge is 2.44. The fraction of sp³-hybridized carbons (Fsp3) is 1.00. The first-order chi connectivity index (χ1) is 5.92. The SMILES string of the molecule is CSNC1OC1C1CCNCC1. The van der Waals surface area contributed by atoms with Gasteiger partial charge in [0.2, 0.25) is 0 Å². The Labute approximate surface area is 77.8 Å². The maximum atomic E-state index is 5.54. The Morgan fingerprint density at radius 3 is 2.83 bits per heavy atom. The minimum atomic E-state index is 0.336. The van der Waals surface area contributed by atoms with Crippen molar-refractivity contribution in [1.82, 2.24) is 10.0 Å². The summed E-state index contributed by atoms with van der Waals surface area (Å²) in [6, 6.07) is 0. The smallest absolute Gasteiger partial charge is 0.144 e. The molecule has 0 aromatic carbocycles. The van der Waals surface area contributed by atoms with Crippen LogP contribution in [0.1, 0.15) is 12.8 Å². The van der Waals surface area contributed by atoms with E-state index >= 15 is 0 Å². The quantitative estimate of drug-likeness (QED) is 0.502. The largest absolute Gasteiger partial charge is 0.352 e. The molecular formula is C8H16N2OS. The molecule has 2 aliphatic heterocycles. The number of rotatable bonds is 3. The van der Waals surface area contributed by atoms with E-state index in [9.17, 15) is 0 Å². The van der Waals surface area contributed by atoms with Gasteiger partial charge in [-0.25, -0.2) is 4.72 Å². The van der Waals surface area contributed by atoms with Gasteiger partial charge in [0.1, 0.15) is 12.3 Å². The van der Waals surface area contributed by atoms with Crippen LogP contribution in [0.25, 0.3) is 0 Å². The van der Waals surface area contributed by atoms with Gasteiger partial charge in [-0.15, -0.1) is 0 Å². The first kappa shape index (κ1) is 8.81. The Bertz CT molecular complexity index is 150. The van der Waals surface area contributed by atoms with E-state index in [1.807, 2.05) is 6.26 Å². The van der Waals surface area contributed by atoms with Gasteiger partial charge < -0.3 is 10.1 Å². The average molecular weight is 188 g/mol. The number of nitrogens with one attached hydrogen (secondary N) is 2. The van der Waals surface area contributed by atoms with Gasteiger partial charge in [0.05, 0.1) is 0 Å². The zero-order chi connectivity index (χ0) is 8.39. The van der Waals surface area contributed by atoms with Crippen molar-refractivity contribution < 1.29 is 4.74 Å². The molecule has 2 atom stereocenters. The van der Waals surface area contributed by atoms with E-state index in [1.54, 1.807) is 11.9 Å². The topological polar surface area (TPSA) is 36.6 Å². The molecule has 0 bridgehead atoms. The highest BCUT2D eigenvalue weighted by Crippen LogP contribution is 2.33. The van der Waals surface area contributed by atoms with Crippen molar-refractivity contribution in [2.45, 2.75) is 25.2 Å². The van der Waals surface area contributed by atoms with Gasteiger partial charge in [-0.05, 0) is 38.1 Å². The van der Waals surface area contributed by atoms with Crippen LogP contribution in [0.4, 0.5) is 0 Å². The van der Waals surface area contributed by atoms with Crippen LogP contribution in [0.2, 0.25) is 0 Å². The second kappa shape index (κ2) is 3.96. The van der Waals surface area contributed by atoms with Crippen LogP contribution < -0.4 is 10.0 Å². The second-order valence-corrected chi connectivity index (χ2v) is 4.07. The highest BCUT2D eigenvalue weighted by molar-refractivity contribution is 7.96. The number of epoxide rings is 1. The fourth-order valence-corrected chi connectivity index (χ4v) is 2.29. The summed E-state index contributed by atoms with van der Waals surface area (Å²) < 4.78 is 8.78. The molecule has 2 heterocycles. The monoisotopic (exact) mass is 188 g/mol. The molecule has 2 aliphatic rings. The lowest BCUT2D eigenvalue weighted by molar-refractivity contribution is 0.270. The lowest BCUT2D eigenvalue weighted by Gasteiger charge is -2.20. The zero-order valence-corrected chi connectivity index (χ0v) is 8.19. The number of piperidine rings is 1. The summed E-state index contributed by atoms with van der Waals surface area (Å²) in [6.45, 7) is 2.33. The summed E-state index contributed by atoms with van der Waals surface area (Å²) in [7, 11) is 0. The number of hydrogen-bond acceptors (Lipinski definition) is 4. The molecule has 12 heavy (non-hydrogen) atoms. The van der Waals surface area contributed by atoms with Gasteiger partial charge in [-0.2, -0.15) is 0 Å². The summed E-state index contributed by atoms with van der Waals surface area (Å²) >= 11 is 1.65. The van der Waals surface area contributed by atoms with Gasteiger partial charge >= 0.3 is 0 Å². The summed E-state index contributed by atoms with van der Waals surface area (Å²) in [5.41, 5.74) is 0. The third-order valence-electron chi connectivity index (χ3n) is 2.61. The Balaban J connectivity index is 1.72. The van der Waals surface area contributed by atoms with Crippen LogP contribution in [0.15, 0.2) is 0 Å². The molecule has 4 heteroatoms. The predicted octanol–water partition coefficient (Wildman–Crippen LogP) is 0.578. The Hall–Kier alpha value is 0.230. The van der Waals surface area contributed by atoms with Crippen LogP contribution in [0.3, 0.4) is 0 Å². The van der Waals surface area contributed by atoms with E-state index < -0.39 is 0 Å². The Kier molecular flexibility index (Phi) is 2.91. The van der Waals surface area contributed by atoms with Gasteiger partial charge in [-0.1, -0.05) is 11.9 Å². The van der Waals surface area contributed by atoms with Crippen molar-refractivity contribution in [3.63, 3.8) is 0 Å². The summed E-state index contributed by atoms with van der Waals surface area (Å²) in [5.74, 6) is 0.788. The molecule has 0 saturated carbocycles. The minimum absolute atomic E-state index is 0.336. The Morgan fingerprint density at radius 2 is 2.17 bits per heavy atom. The normalized spacial score (nSPS) is 36.8. The average Bonchev–Trinajstić information content (AvgIpc) is 2.87. The van der Waals surface area contributed by atoms with Crippen molar-refractivity contribution in [3.05, 3.63) is 0 Å². The summed E-state index contributed by atoms with van der Waals surface area (Å²) in [5, 5.41) is 3.36. The van der Waals surface area contributed by atoms with E-state index in [1.165, 1.54) is 12.8 Å². The van der Waals surface area contributed by atoms with Crippen LogP contribution in [-0.4, -0.2) is 31.7 Å². The summed E-state index contributed by atoms with van der Waals surface area (Å²) in [6.07, 6.45) is 5.43. The van der Waals surface area contributed by atoms with E-state index in [4.69, 9.17) is 4.74 Å². The Morgan fingerprint density at radius 1 is 1.42 bits per heavy atom. The van der Waals surface area contributed by atoms with Crippen molar-refractivity contribution >= 4 is 11.9 Å². The van der Waals surface area contributed by atoms with Crippen molar-refractivity contribution in [2.24, 2.45) is 5.92 Å². The first-order valence-corrected chi connectivity index (χ1v) is 5.79. The molecule has 2 fully saturated rings. The standard InChI is InChI=1S/C8H16N2OS/c1-12-10-8-7(11-8)6-2-4-9-5-3-6/h6-10H,2-5H2,1H3. The van der Waals surface area contributed by atoms with Gasteiger partial charge in [0, 0.05) is 0 Å². The van der Waals surface area contributed by atoms with E-state index in [2.05, 4.69) is 10.0 Å². The molecule has 0 aromatic rings. The van der Waals surface area contributed by atoms with Crippen LogP contribution >= 0.6 is 11.9 Å². The van der Waals surface area contributed by atoms with Crippen LogP contribution in [0, 0.1) is 5.92 Å². The van der Waals surface area contributed by atoms with Crippen molar-refractivity contribution in [1.29, 1.82) is 0 Å². The maximum Gasteiger partial charge on any atom is 0.144 e.